The van der Waals surface area contributed by atoms with Crippen molar-refractivity contribution in [1.82, 2.24) is 0 Å². The SMILES string of the molecule is Fc1c(OCCC2CCCC2)ccc(C2CC2)c1F. The fraction of sp³-hybridized carbons (Fsp3) is 0.625. The molecule has 3 rings (SSSR count). The van der Waals surface area contributed by atoms with Gasteiger partial charge in [0.15, 0.2) is 11.6 Å². The molecule has 104 valence electrons. The Balaban J connectivity index is 1.59. The first-order valence-electron chi connectivity index (χ1n) is 7.36. The number of rotatable bonds is 5. The molecule has 0 bridgehead atoms. The van der Waals surface area contributed by atoms with E-state index in [0.717, 1.165) is 19.3 Å². The summed E-state index contributed by atoms with van der Waals surface area (Å²) in [6.45, 7) is 0.490. The quantitative estimate of drug-likeness (QED) is 0.743. The Labute approximate surface area is 113 Å². The fourth-order valence-electron chi connectivity index (χ4n) is 3.00. The number of benzene rings is 1. The average Bonchev–Trinajstić information content (AvgIpc) is 3.11. The lowest BCUT2D eigenvalue weighted by Gasteiger charge is -2.12. The van der Waals surface area contributed by atoms with E-state index in [1.54, 1.807) is 12.1 Å². The van der Waals surface area contributed by atoms with Crippen LogP contribution in [-0.4, -0.2) is 6.61 Å². The van der Waals surface area contributed by atoms with Crippen LogP contribution in [0.15, 0.2) is 12.1 Å². The molecule has 0 atom stereocenters. The fourth-order valence-corrected chi connectivity index (χ4v) is 3.00. The van der Waals surface area contributed by atoms with E-state index in [1.165, 1.54) is 25.7 Å². The van der Waals surface area contributed by atoms with Gasteiger partial charge in [0, 0.05) is 0 Å². The standard InChI is InChI=1S/C16H20F2O/c17-15-13(12-5-6-12)7-8-14(16(15)18)19-10-9-11-3-1-2-4-11/h7-8,11-12H,1-6,9-10H2. The lowest BCUT2D eigenvalue weighted by molar-refractivity contribution is 0.263. The van der Waals surface area contributed by atoms with Crippen molar-refractivity contribution in [2.45, 2.75) is 50.9 Å². The average molecular weight is 266 g/mol. The third kappa shape index (κ3) is 2.90. The van der Waals surface area contributed by atoms with E-state index in [-0.39, 0.29) is 11.7 Å². The van der Waals surface area contributed by atoms with Crippen LogP contribution >= 0.6 is 0 Å². The van der Waals surface area contributed by atoms with E-state index in [0.29, 0.717) is 18.1 Å². The van der Waals surface area contributed by atoms with Crippen LogP contribution in [0.5, 0.6) is 5.75 Å². The molecule has 0 amide bonds. The van der Waals surface area contributed by atoms with Crippen LogP contribution in [0.25, 0.3) is 0 Å². The second-order valence-electron chi connectivity index (χ2n) is 5.84. The van der Waals surface area contributed by atoms with Gasteiger partial charge in [-0.3, -0.25) is 0 Å². The highest BCUT2D eigenvalue weighted by atomic mass is 19.2. The van der Waals surface area contributed by atoms with Crippen LogP contribution in [-0.2, 0) is 0 Å². The molecule has 2 aliphatic carbocycles. The molecule has 0 spiro atoms. The predicted octanol–water partition coefficient (Wildman–Crippen LogP) is 4.80. The van der Waals surface area contributed by atoms with Crippen LogP contribution in [0.3, 0.4) is 0 Å². The van der Waals surface area contributed by atoms with Crippen LogP contribution in [0.2, 0.25) is 0 Å². The van der Waals surface area contributed by atoms with E-state index in [4.69, 9.17) is 4.74 Å². The van der Waals surface area contributed by atoms with Gasteiger partial charge in [-0.1, -0.05) is 31.7 Å². The Morgan fingerprint density at radius 1 is 1.00 bits per heavy atom. The molecule has 2 aliphatic rings. The third-order valence-electron chi connectivity index (χ3n) is 4.35. The van der Waals surface area contributed by atoms with Gasteiger partial charge < -0.3 is 4.74 Å². The van der Waals surface area contributed by atoms with E-state index >= 15 is 0 Å². The predicted molar refractivity (Wildman–Crippen MR) is 70.4 cm³/mol. The zero-order valence-corrected chi connectivity index (χ0v) is 11.1. The number of ether oxygens (including phenoxy) is 1. The van der Waals surface area contributed by atoms with Crippen molar-refractivity contribution in [3.05, 3.63) is 29.3 Å². The minimum absolute atomic E-state index is 0.0693. The van der Waals surface area contributed by atoms with E-state index in [9.17, 15) is 8.78 Å². The van der Waals surface area contributed by atoms with Gasteiger partial charge in [0.05, 0.1) is 6.61 Å². The molecule has 2 fully saturated rings. The zero-order valence-electron chi connectivity index (χ0n) is 11.1. The Morgan fingerprint density at radius 2 is 1.74 bits per heavy atom. The van der Waals surface area contributed by atoms with E-state index < -0.39 is 11.6 Å². The highest BCUT2D eigenvalue weighted by Crippen LogP contribution is 2.42. The van der Waals surface area contributed by atoms with Crippen LogP contribution in [0.1, 0.15) is 56.4 Å². The van der Waals surface area contributed by atoms with Crippen LogP contribution < -0.4 is 4.74 Å². The van der Waals surface area contributed by atoms with Gasteiger partial charge in [-0.25, -0.2) is 4.39 Å². The Hall–Kier alpha value is -1.12. The normalized spacial score (nSPS) is 19.9. The number of halogens is 2. The van der Waals surface area contributed by atoms with Gasteiger partial charge in [-0.05, 0) is 42.7 Å². The van der Waals surface area contributed by atoms with Crippen molar-refractivity contribution in [1.29, 1.82) is 0 Å². The van der Waals surface area contributed by atoms with E-state index in [2.05, 4.69) is 0 Å². The molecule has 19 heavy (non-hydrogen) atoms. The Kier molecular flexibility index (Phi) is 3.72. The van der Waals surface area contributed by atoms with Crippen LogP contribution in [0, 0.1) is 17.6 Å². The second kappa shape index (κ2) is 5.48. The van der Waals surface area contributed by atoms with Gasteiger partial charge >= 0.3 is 0 Å². The highest BCUT2D eigenvalue weighted by molar-refractivity contribution is 5.34. The summed E-state index contributed by atoms with van der Waals surface area (Å²) in [7, 11) is 0. The molecule has 1 aromatic rings. The zero-order chi connectivity index (χ0) is 13.2. The highest BCUT2D eigenvalue weighted by Gasteiger charge is 2.29. The van der Waals surface area contributed by atoms with Crippen molar-refractivity contribution in [3.63, 3.8) is 0 Å². The van der Waals surface area contributed by atoms with Crippen molar-refractivity contribution >= 4 is 0 Å². The van der Waals surface area contributed by atoms with Crippen molar-refractivity contribution in [3.8, 4) is 5.75 Å². The van der Waals surface area contributed by atoms with Crippen LogP contribution in [0.4, 0.5) is 8.78 Å². The molecule has 0 saturated heterocycles. The Morgan fingerprint density at radius 3 is 2.42 bits per heavy atom. The maximum atomic E-state index is 13.9. The minimum atomic E-state index is -0.809. The molecule has 1 aromatic carbocycles. The Bertz CT molecular complexity index is 448. The maximum absolute atomic E-state index is 13.9. The molecule has 2 saturated carbocycles. The van der Waals surface area contributed by atoms with Crippen molar-refractivity contribution < 1.29 is 13.5 Å². The molecule has 0 radical (unpaired) electrons. The summed E-state index contributed by atoms with van der Waals surface area (Å²) in [4.78, 5) is 0. The van der Waals surface area contributed by atoms with Crippen molar-refractivity contribution in [2.75, 3.05) is 6.61 Å². The number of hydrogen-bond acceptors (Lipinski definition) is 1. The summed E-state index contributed by atoms with van der Waals surface area (Å²) in [6.07, 6.45) is 7.98. The minimum Gasteiger partial charge on any atom is -0.490 e. The smallest absolute Gasteiger partial charge is 0.200 e. The van der Waals surface area contributed by atoms with Gasteiger partial charge in [0.25, 0.3) is 0 Å². The molecule has 0 aliphatic heterocycles. The molecule has 0 N–H and O–H groups in total. The molecule has 0 heterocycles. The first-order valence-corrected chi connectivity index (χ1v) is 7.36. The molecule has 3 heteroatoms. The monoisotopic (exact) mass is 266 g/mol. The van der Waals surface area contributed by atoms with Gasteiger partial charge in [-0.15, -0.1) is 0 Å². The van der Waals surface area contributed by atoms with E-state index in [1.807, 2.05) is 0 Å². The molecule has 1 nitrogen and oxygen atoms in total. The summed E-state index contributed by atoms with van der Waals surface area (Å²) in [5.74, 6) is -0.516. The number of hydrogen-bond donors (Lipinski definition) is 0. The summed E-state index contributed by atoms with van der Waals surface area (Å²) in [6, 6.07) is 3.27. The summed E-state index contributed by atoms with van der Waals surface area (Å²) < 4.78 is 33.1. The largest absolute Gasteiger partial charge is 0.490 e. The lowest BCUT2D eigenvalue weighted by atomic mass is 10.1. The van der Waals surface area contributed by atoms with Gasteiger partial charge in [-0.2, -0.15) is 4.39 Å². The van der Waals surface area contributed by atoms with Gasteiger partial charge in [0.2, 0.25) is 5.82 Å². The molecule has 0 unspecified atom stereocenters. The van der Waals surface area contributed by atoms with Crippen molar-refractivity contribution in [2.24, 2.45) is 5.92 Å². The lowest BCUT2D eigenvalue weighted by Crippen LogP contribution is -2.06. The second-order valence-corrected chi connectivity index (χ2v) is 5.84. The van der Waals surface area contributed by atoms with Gasteiger partial charge in [0.1, 0.15) is 0 Å². The first-order chi connectivity index (χ1) is 9.25. The topological polar surface area (TPSA) is 9.23 Å². The summed E-state index contributed by atoms with van der Waals surface area (Å²) in [5, 5.41) is 0. The molecular formula is C16H20F2O. The first kappa shape index (κ1) is 12.9. The third-order valence-corrected chi connectivity index (χ3v) is 4.35. The molecule has 0 aromatic heterocycles. The summed E-state index contributed by atoms with van der Waals surface area (Å²) >= 11 is 0. The maximum Gasteiger partial charge on any atom is 0.200 e. The summed E-state index contributed by atoms with van der Waals surface area (Å²) in [5.41, 5.74) is 0.514. The molecular weight excluding hydrogens is 246 g/mol.